The van der Waals surface area contributed by atoms with Crippen LogP contribution in [0.5, 0.6) is 11.5 Å². The van der Waals surface area contributed by atoms with Crippen LogP contribution in [0.3, 0.4) is 0 Å². The van der Waals surface area contributed by atoms with Crippen molar-refractivity contribution < 1.29 is 19.0 Å². The van der Waals surface area contributed by atoms with Gasteiger partial charge < -0.3 is 19.9 Å². The van der Waals surface area contributed by atoms with Gasteiger partial charge in [0.1, 0.15) is 24.0 Å². The second-order valence-corrected chi connectivity index (χ2v) is 9.29. The highest BCUT2D eigenvalue weighted by molar-refractivity contribution is 9.10. The minimum absolute atomic E-state index is 0.0174. The Bertz CT molecular complexity index is 1250. The summed E-state index contributed by atoms with van der Waals surface area (Å²) >= 11 is 15.8. The van der Waals surface area contributed by atoms with E-state index in [1.807, 2.05) is 0 Å². The first-order valence-electron chi connectivity index (χ1n) is 10.1. The summed E-state index contributed by atoms with van der Waals surface area (Å²) in [6.07, 6.45) is 1.68. The summed E-state index contributed by atoms with van der Waals surface area (Å²) in [5.41, 5.74) is 8.14. The normalized spacial score (nSPS) is 17.9. The third-order valence-corrected chi connectivity index (χ3v) is 6.75. The van der Waals surface area contributed by atoms with Gasteiger partial charge in [0.2, 0.25) is 5.88 Å². The van der Waals surface area contributed by atoms with Crippen LogP contribution in [0.1, 0.15) is 36.3 Å². The molecule has 2 aromatic rings. The zero-order valence-electron chi connectivity index (χ0n) is 17.6. The molecule has 2 aliphatic rings. The number of carbonyl (C=O) groups excluding carboxylic acids is 1. The van der Waals surface area contributed by atoms with Crippen LogP contribution >= 0.6 is 39.1 Å². The van der Waals surface area contributed by atoms with E-state index in [2.05, 4.69) is 22.0 Å². The van der Waals surface area contributed by atoms with Crippen LogP contribution in [0.25, 0.3) is 0 Å². The lowest BCUT2D eigenvalue weighted by Crippen LogP contribution is -2.27. The molecule has 2 aromatic carbocycles. The lowest BCUT2D eigenvalue weighted by molar-refractivity contribution is -0.116. The smallest absolute Gasteiger partial charge is 0.205 e. The highest BCUT2D eigenvalue weighted by Gasteiger charge is 2.38. The summed E-state index contributed by atoms with van der Waals surface area (Å²) in [6, 6.07) is 10.8. The molecule has 0 saturated carbocycles. The number of hydrogen-bond donors (Lipinski definition) is 1. The molecule has 0 unspecified atom stereocenters. The molecule has 0 bridgehead atoms. The van der Waals surface area contributed by atoms with Crippen molar-refractivity contribution in [3.05, 3.63) is 78.8 Å². The molecule has 0 amide bonds. The number of Topliss-reactive ketones (excluding diaryl/α,β-unsaturated/α-hetero) is 1. The number of carbonyl (C=O) groups is 1. The van der Waals surface area contributed by atoms with Crippen molar-refractivity contribution >= 4 is 44.9 Å². The van der Waals surface area contributed by atoms with Crippen LogP contribution in [-0.2, 0) is 16.1 Å². The molecule has 0 aromatic heterocycles. The van der Waals surface area contributed by atoms with Gasteiger partial charge in [-0.15, -0.1) is 0 Å². The average Bonchev–Trinajstić information content (AvgIpc) is 2.78. The zero-order chi connectivity index (χ0) is 23.7. The fourth-order valence-electron chi connectivity index (χ4n) is 4.02. The van der Waals surface area contributed by atoms with Crippen molar-refractivity contribution in [2.75, 3.05) is 7.11 Å². The molecule has 1 aliphatic carbocycles. The summed E-state index contributed by atoms with van der Waals surface area (Å²) in [7, 11) is 1.52. The second kappa shape index (κ2) is 9.68. The number of methoxy groups -OCH3 is 1. The van der Waals surface area contributed by atoms with E-state index in [1.165, 1.54) is 7.11 Å². The van der Waals surface area contributed by atoms with Crippen molar-refractivity contribution in [1.29, 1.82) is 5.26 Å². The largest absolute Gasteiger partial charge is 0.493 e. The number of benzene rings is 2. The van der Waals surface area contributed by atoms with E-state index in [0.29, 0.717) is 62.2 Å². The van der Waals surface area contributed by atoms with Crippen molar-refractivity contribution in [2.24, 2.45) is 5.73 Å². The number of rotatable bonds is 5. The fraction of sp³-hybridized carbons (Fsp3) is 0.250. The summed E-state index contributed by atoms with van der Waals surface area (Å²) in [4.78, 5) is 12.8. The van der Waals surface area contributed by atoms with E-state index in [9.17, 15) is 10.1 Å². The molecule has 170 valence electrons. The lowest BCUT2D eigenvalue weighted by Gasteiger charge is -2.31. The Morgan fingerprint density at radius 2 is 2.06 bits per heavy atom. The highest BCUT2D eigenvalue weighted by atomic mass is 79.9. The van der Waals surface area contributed by atoms with E-state index in [0.717, 1.165) is 5.56 Å². The van der Waals surface area contributed by atoms with E-state index in [-0.39, 0.29) is 23.8 Å². The quantitative estimate of drug-likeness (QED) is 0.480. The highest BCUT2D eigenvalue weighted by Crippen LogP contribution is 2.47. The van der Waals surface area contributed by atoms with Crippen LogP contribution in [-0.4, -0.2) is 12.9 Å². The zero-order valence-corrected chi connectivity index (χ0v) is 20.7. The summed E-state index contributed by atoms with van der Waals surface area (Å²) in [6.45, 7) is 0.186. The standard InChI is InChI=1S/C24H19BrCl2N2O4/c1-31-20-8-13(7-16(25)23(20)32-11-12-5-6-14(26)9-17(12)27)21-15(10-28)24(29)33-19-4-2-3-18(30)22(19)21/h5-9,21H,2-4,11,29H2,1H3/t21-/m1/s1. The predicted octanol–water partition coefficient (Wildman–Crippen LogP) is 6.16. The minimum atomic E-state index is -0.642. The number of allylic oxidation sites excluding steroid dienone is 3. The topological polar surface area (TPSA) is 94.6 Å². The van der Waals surface area contributed by atoms with Gasteiger partial charge in [-0.2, -0.15) is 5.26 Å². The molecule has 33 heavy (non-hydrogen) atoms. The van der Waals surface area contributed by atoms with Gasteiger partial charge in [-0.1, -0.05) is 29.3 Å². The van der Waals surface area contributed by atoms with Crippen molar-refractivity contribution in [2.45, 2.75) is 31.8 Å². The second-order valence-electron chi connectivity index (χ2n) is 7.60. The van der Waals surface area contributed by atoms with E-state index < -0.39 is 5.92 Å². The number of nitriles is 1. The third kappa shape index (κ3) is 4.56. The van der Waals surface area contributed by atoms with Crippen LogP contribution in [0, 0.1) is 11.3 Å². The van der Waals surface area contributed by atoms with E-state index in [1.54, 1.807) is 30.3 Å². The molecule has 6 nitrogen and oxygen atoms in total. The summed E-state index contributed by atoms with van der Waals surface area (Å²) in [5.74, 6) is 0.742. The van der Waals surface area contributed by atoms with E-state index in [4.69, 9.17) is 43.1 Å². The van der Waals surface area contributed by atoms with Gasteiger partial charge in [0.25, 0.3) is 0 Å². The van der Waals surface area contributed by atoms with Gasteiger partial charge in [-0.25, -0.2) is 0 Å². The van der Waals surface area contributed by atoms with Gasteiger partial charge in [0.05, 0.1) is 17.5 Å². The van der Waals surface area contributed by atoms with Gasteiger partial charge >= 0.3 is 0 Å². The lowest BCUT2D eigenvalue weighted by atomic mass is 9.77. The minimum Gasteiger partial charge on any atom is -0.493 e. The first kappa shape index (κ1) is 23.5. The molecule has 0 spiro atoms. The summed E-state index contributed by atoms with van der Waals surface area (Å²) < 4.78 is 17.8. The third-order valence-electron chi connectivity index (χ3n) is 5.58. The Balaban J connectivity index is 1.73. The van der Waals surface area contributed by atoms with Crippen LogP contribution in [0.15, 0.2) is 57.6 Å². The van der Waals surface area contributed by atoms with Crippen LogP contribution in [0.4, 0.5) is 0 Å². The number of ketones is 1. The molecule has 1 atom stereocenters. The first-order chi connectivity index (χ1) is 15.8. The molecule has 0 saturated heterocycles. The van der Waals surface area contributed by atoms with E-state index >= 15 is 0 Å². The van der Waals surface area contributed by atoms with Crippen molar-refractivity contribution in [3.63, 3.8) is 0 Å². The molecule has 1 aliphatic heterocycles. The van der Waals surface area contributed by atoms with Crippen LogP contribution < -0.4 is 15.2 Å². The number of hydrogen-bond acceptors (Lipinski definition) is 6. The molecule has 2 N–H and O–H groups in total. The Morgan fingerprint density at radius 1 is 1.27 bits per heavy atom. The molecule has 0 fully saturated rings. The van der Waals surface area contributed by atoms with Crippen molar-refractivity contribution in [1.82, 2.24) is 0 Å². The molecule has 1 heterocycles. The number of nitrogens with two attached hydrogens (primary N) is 1. The van der Waals surface area contributed by atoms with Crippen molar-refractivity contribution in [3.8, 4) is 17.6 Å². The predicted molar refractivity (Wildman–Crippen MR) is 128 cm³/mol. The maximum atomic E-state index is 12.8. The molecule has 9 heteroatoms. The number of ether oxygens (including phenoxy) is 3. The maximum Gasteiger partial charge on any atom is 0.205 e. The average molecular weight is 550 g/mol. The van der Waals surface area contributed by atoms with Crippen LogP contribution in [0.2, 0.25) is 10.0 Å². The Morgan fingerprint density at radius 3 is 2.76 bits per heavy atom. The van der Waals surface area contributed by atoms with Gasteiger partial charge in [0, 0.05) is 34.0 Å². The Kier molecular flexibility index (Phi) is 6.89. The SMILES string of the molecule is COc1cc([C@@H]2C(C#N)=C(N)OC3=C2C(=O)CCC3)cc(Br)c1OCc1ccc(Cl)cc1Cl. The molecule has 4 rings (SSSR count). The fourth-order valence-corrected chi connectivity index (χ4v) is 5.06. The molecular weight excluding hydrogens is 531 g/mol. The maximum absolute atomic E-state index is 12.8. The monoisotopic (exact) mass is 548 g/mol. The van der Waals surface area contributed by atoms with Gasteiger partial charge in [0.15, 0.2) is 17.3 Å². The van der Waals surface area contributed by atoms with Gasteiger partial charge in [-0.05, 0) is 52.2 Å². The molecule has 0 radical (unpaired) electrons. The number of nitrogens with zero attached hydrogens (tertiary/aromatic N) is 1. The molecular formula is C24H19BrCl2N2O4. The number of halogens is 3. The first-order valence-corrected chi connectivity index (χ1v) is 11.7. The summed E-state index contributed by atoms with van der Waals surface area (Å²) in [5, 5.41) is 10.8. The Labute approximate surface area is 209 Å². The Hall–Kier alpha value is -2.66. The van der Waals surface area contributed by atoms with Gasteiger partial charge in [-0.3, -0.25) is 4.79 Å².